The zero-order chi connectivity index (χ0) is 11.4. The molecule has 0 radical (unpaired) electrons. The van der Waals surface area contributed by atoms with Gasteiger partial charge in [0.1, 0.15) is 0 Å². The molecule has 1 aromatic heterocycles. The molecule has 1 heterocycles. The predicted octanol–water partition coefficient (Wildman–Crippen LogP) is 1.90. The molecule has 0 unspecified atom stereocenters. The summed E-state index contributed by atoms with van der Waals surface area (Å²) in [6.07, 6.45) is 8.27. The lowest BCUT2D eigenvalue weighted by Crippen LogP contribution is -2.23. The maximum Gasteiger partial charge on any atom is 0.228 e. The zero-order valence-corrected chi connectivity index (χ0v) is 9.33. The molecule has 0 aromatic carbocycles. The average Bonchev–Trinajstić information content (AvgIpc) is 2.57. The van der Waals surface area contributed by atoms with Crippen LogP contribution in [0.5, 0.6) is 0 Å². The van der Waals surface area contributed by atoms with Crippen molar-refractivity contribution in [1.29, 1.82) is 0 Å². The van der Waals surface area contributed by atoms with Gasteiger partial charge in [0.15, 0.2) is 5.82 Å². The van der Waals surface area contributed by atoms with Crippen molar-refractivity contribution in [3.63, 3.8) is 0 Å². The van der Waals surface area contributed by atoms with Crippen LogP contribution in [0.25, 0.3) is 0 Å². The van der Waals surface area contributed by atoms with Crippen molar-refractivity contribution in [1.82, 2.24) is 10.2 Å². The van der Waals surface area contributed by atoms with E-state index in [2.05, 4.69) is 15.5 Å². The van der Waals surface area contributed by atoms with Gasteiger partial charge in [0.2, 0.25) is 5.91 Å². The van der Waals surface area contributed by atoms with E-state index in [1.807, 2.05) is 0 Å². The third kappa shape index (κ3) is 2.53. The number of H-pyrrole nitrogens is 1. The van der Waals surface area contributed by atoms with E-state index in [4.69, 9.17) is 5.73 Å². The molecule has 0 saturated heterocycles. The fraction of sp³-hybridized carbons (Fsp3) is 0.636. The monoisotopic (exact) mass is 222 g/mol. The smallest absolute Gasteiger partial charge is 0.228 e. The van der Waals surface area contributed by atoms with Crippen molar-refractivity contribution < 1.29 is 4.79 Å². The number of nitrogens with zero attached hydrogens (tertiary/aromatic N) is 1. The summed E-state index contributed by atoms with van der Waals surface area (Å²) >= 11 is 0. The summed E-state index contributed by atoms with van der Waals surface area (Å²) in [6.45, 7) is 0. The van der Waals surface area contributed by atoms with E-state index in [0.29, 0.717) is 11.5 Å². The van der Waals surface area contributed by atoms with Gasteiger partial charge in [-0.15, -0.1) is 0 Å². The molecule has 2 rings (SSSR count). The molecule has 16 heavy (non-hydrogen) atoms. The van der Waals surface area contributed by atoms with Crippen molar-refractivity contribution in [2.75, 3.05) is 11.1 Å². The Morgan fingerprint density at radius 1 is 1.38 bits per heavy atom. The molecule has 1 saturated carbocycles. The molecular weight excluding hydrogens is 204 g/mol. The van der Waals surface area contributed by atoms with Crippen molar-refractivity contribution in [2.24, 2.45) is 5.92 Å². The van der Waals surface area contributed by atoms with Crippen LogP contribution in [0, 0.1) is 5.92 Å². The lowest BCUT2D eigenvalue weighted by Gasteiger charge is -2.13. The Balaban J connectivity index is 1.94. The van der Waals surface area contributed by atoms with Crippen LogP contribution < -0.4 is 11.1 Å². The summed E-state index contributed by atoms with van der Waals surface area (Å²) in [4.78, 5) is 12.0. The van der Waals surface area contributed by atoms with Gasteiger partial charge in [0.05, 0.1) is 11.9 Å². The molecule has 1 amide bonds. The van der Waals surface area contributed by atoms with E-state index in [-0.39, 0.29) is 11.8 Å². The number of aromatic nitrogens is 2. The van der Waals surface area contributed by atoms with Crippen LogP contribution >= 0.6 is 0 Å². The highest BCUT2D eigenvalue weighted by molar-refractivity contribution is 5.93. The Morgan fingerprint density at radius 2 is 2.06 bits per heavy atom. The fourth-order valence-electron chi connectivity index (χ4n) is 2.16. The molecule has 0 atom stereocenters. The van der Waals surface area contributed by atoms with Crippen molar-refractivity contribution >= 4 is 17.4 Å². The normalized spacial score (nSPS) is 18.0. The van der Waals surface area contributed by atoms with Gasteiger partial charge < -0.3 is 11.1 Å². The second-order valence-corrected chi connectivity index (χ2v) is 4.38. The van der Waals surface area contributed by atoms with Crippen molar-refractivity contribution in [3.8, 4) is 0 Å². The van der Waals surface area contributed by atoms with Gasteiger partial charge in [-0.3, -0.25) is 9.89 Å². The SMILES string of the molecule is Nc1cn[nH]c1NC(=O)C1CCCCCC1. The van der Waals surface area contributed by atoms with Crippen LogP contribution in [0.3, 0.4) is 0 Å². The Kier molecular flexibility index (Phi) is 3.44. The molecule has 1 aliphatic rings. The average molecular weight is 222 g/mol. The molecule has 88 valence electrons. The Labute approximate surface area is 94.8 Å². The van der Waals surface area contributed by atoms with E-state index >= 15 is 0 Å². The minimum absolute atomic E-state index is 0.0675. The number of carbonyl (C=O) groups excluding carboxylic acids is 1. The maximum atomic E-state index is 12.0. The highest BCUT2D eigenvalue weighted by atomic mass is 16.2. The van der Waals surface area contributed by atoms with Crippen LogP contribution in [-0.2, 0) is 4.79 Å². The minimum Gasteiger partial charge on any atom is -0.394 e. The van der Waals surface area contributed by atoms with Crippen LogP contribution in [0.15, 0.2) is 6.20 Å². The first-order valence-electron chi connectivity index (χ1n) is 5.87. The predicted molar refractivity (Wildman–Crippen MR) is 62.8 cm³/mol. The van der Waals surface area contributed by atoms with E-state index in [0.717, 1.165) is 25.7 Å². The Bertz CT molecular complexity index is 353. The van der Waals surface area contributed by atoms with E-state index < -0.39 is 0 Å². The quantitative estimate of drug-likeness (QED) is 0.668. The summed E-state index contributed by atoms with van der Waals surface area (Å²) in [5.74, 6) is 0.720. The highest BCUT2D eigenvalue weighted by Gasteiger charge is 2.20. The molecule has 0 aliphatic heterocycles. The number of nitrogens with two attached hydrogens (primary N) is 1. The van der Waals surface area contributed by atoms with Gasteiger partial charge in [0, 0.05) is 5.92 Å². The number of anilines is 2. The summed E-state index contributed by atoms with van der Waals surface area (Å²) < 4.78 is 0. The second kappa shape index (κ2) is 5.01. The molecule has 1 fully saturated rings. The first-order chi connectivity index (χ1) is 7.77. The number of rotatable bonds is 2. The van der Waals surface area contributed by atoms with Crippen LogP contribution in [-0.4, -0.2) is 16.1 Å². The van der Waals surface area contributed by atoms with Gasteiger partial charge in [-0.2, -0.15) is 5.10 Å². The molecule has 0 spiro atoms. The van der Waals surface area contributed by atoms with Crippen LogP contribution in [0.2, 0.25) is 0 Å². The van der Waals surface area contributed by atoms with Gasteiger partial charge >= 0.3 is 0 Å². The fourth-order valence-corrected chi connectivity index (χ4v) is 2.16. The maximum absolute atomic E-state index is 12.0. The molecule has 1 aromatic rings. The molecular formula is C11H18N4O. The molecule has 1 aliphatic carbocycles. The summed E-state index contributed by atoms with van der Waals surface area (Å²) in [7, 11) is 0. The number of hydrogen-bond acceptors (Lipinski definition) is 3. The third-order valence-electron chi connectivity index (χ3n) is 3.14. The number of nitrogen functional groups attached to an aromatic ring is 1. The lowest BCUT2D eigenvalue weighted by molar-refractivity contribution is -0.120. The summed E-state index contributed by atoms with van der Waals surface area (Å²) in [6, 6.07) is 0. The molecule has 0 bridgehead atoms. The lowest BCUT2D eigenvalue weighted by atomic mass is 9.99. The van der Waals surface area contributed by atoms with Crippen LogP contribution in [0.4, 0.5) is 11.5 Å². The first-order valence-corrected chi connectivity index (χ1v) is 5.87. The molecule has 4 N–H and O–H groups in total. The van der Waals surface area contributed by atoms with Crippen molar-refractivity contribution in [3.05, 3.63) is 6.20 Å². The number of aromatic amines is 1. The van der Waals surface area contributed by atoms with Crippen LogP contribution in [0.1, 0.15) is 38.5 Å². The molecule has 5 heteroatoms. The van der Waals surface area contributed by atoms with Crippen molar-refractivity contribution in [2.45, 2.75) is 38.5 Å². The Morgan fingerprint density at radius 3 is 2.62 bits per heavy atom. The molecule has 5 nitrogen and oxygen atoms in total. The number of carbonyl (C=O) groups is 1. The Hall–Kier alpha value is -1.52. The summed E-state index contributed by atoms with van der Waals surface area (Å²) in [5.41, 5.74) is 6.13. The first kappa shape index (κ1) is 11.0. The van der Waals surface area contributed by atoms with E-state index in [1.165, 1.54) is 19.0 Å². The number of amides is 1. The number of nitrogens with one attached hydrogen (secondary N) is 2. The van der Waals surface area contributed by atoms with E-state index in [9.17, 15) is 4.79 Å². The topological polar surface area (TPSA) is 83.8 Å². The van der Waals surface area contributed by atoms with Gasteiger partial charge in [-0.25, -0.2) is 0 Å². The highest BCUT2D eigenvalue weighted by Crippen LogP contribution is 2.24. The minimum atomic E-state index is 0.0675. The third-order valence-corrected chi connectivity index (χ3v) is 3.14. The van der Waals surface area contributed by atoms with Gasteiger partial charge in [-0.1, -0.05) is 25.7 Å². The van der Waals surface area contributed by atoms with Gasteiger partial charge in [-0.05, 0) is 12.8 Å². The van der Waals surface area contributed by atoms with Gasteiger partial charge in [0.25, 0.3) is 0 Å². The zero-order valence-electron chi connectivity index (χ0n) is 9.33. The second-order valence-electron chi connectivity index (χ2n) is 4.38. The number of hydrogen-bond donors (Lipinski definition) is 3. The largest absolute Gasteiger partial charge is 0.394 e. The summed E-state index contributed by atoms with van der Waals surface area (Å²) in [5, 5.41) is 9.26. The standard InChI is InChI=1S/C11H18N4O/c12-9-7-13-15-10(9)14-11(16)8-5-3-1-2-4-6-8/h7-8H,1-6,12H2,(H2,13,14,15,16). The van der Waals surface area contributed by atoms with E-state index in [1.54, 1.807) is 0 Å².